The molecule has 5 heteroatoms. The Kier molecular flexibility index (Phi) is 6.81. The molecular weight excluding hydrogens is 341 g/mol. The van der Waals surface area contributed by atoms with Crippen LogP contribution in [0, 0.1) is 5.82 Å². The molecule has 2 unspecified atom stereocenters. The van der Waals surface area contributed by atoms with Gasteiger partial charge in [0, 0.05) is 22.0 Å². The molecule has 1 heterocycles. The van der Waals surface area contributed by atoms with Crippen LogP contribution < -0.4 is 5.32 Å². The van der Waals surface area contributed by atoms with Crippen LogP contribution in [0.5, 0.6) is 0 Å². The molecule has 1 aromatic carbocycles. The van der Waals surface area contributed by atoms with E-state index in [1.54, 1.807) is 6.07 Å². The van der Waals surface area contributed by atoms with E-state index in [-0.39, 0.29) is 18.0 Å². The summed E-state index contributed by atoms with van der Waals surface area (Å²) in [5.74, 6) is 1.90. The van der Waals surface area contributed by atoms with Gasteiger partial charge < -0.3 is 10.1 Å². The molecule has 1 fully saturated rings. The van der Waals surface area contributed by atoms with Crippen molar-refractivity contribution in [1.29, 1.82) is 0 Å². The van der Waals surface area contributed by atoms with Crippen LogP contribution in [0.4, 0.5) is 4.39 Å². The lowest BCUT2D eigenvalue weighted by Crippen LogP contribution is -2.46. The highest BCUT2D eigenvalue weighted by Crippen LogP contribution is 2.21. The monoisotopic (exact) mass is 361 g/mol. The van der Waals surface area contributed by atoms with Crippen molar-refractivity contribution in [2.75, 3.05) is 24.7 Å². The normalized spacial score (nSPS) is 20.9. The minimum absolute atomic E-state index is 0.139. The Morgan fingerprint density at radius 1 is 1.55 bits per heavy atom. The number of halogens is 2. The van der Waals surface area contributed by atoms with Gasteiger partial charge in [0.15, 0.2) is 0 Å². The van der Waals surface area contributed by atoms with Crippen molar-refractivity contribution in [3.63, 3.8) is 0 Å². The van der Waals surface area contributed by atoms with E-state index >= 15 is 0 Å². The average molecular weight is 362 g/mol. The molecule has 0 bridgehead atoms. The lowest BCUT2D eigenvalue weighted by molar-refractivity contribution is 0.0470. The lowest BCUT2D eigenvalue weighted by atomic mass is 10.0. The Balaban J connectivity index is 2.07. The molecule has 1 aliphatic rings. The number of ether oxygens (including phenoxy) is 1. The standard InChI is InChI=1S/C15H21BrFNOS/c1-2-5-18-14(15-10-20-7-6-19-15)9-11-8-12(16)3-4-13(11)17/h3-4,8,14-15,18H,2,5-7,9-10H2,1H3. The van der Waals surface area contributed by atoms with E-state index in [0.717, 1.165) is 41.1 Å². The topological polar surface area (TPSA) is 21.3 Å². The van der Waals surface area contributed by atoms with Gasteiger partial charge in [-0.1, -0.05) is 22.9 Å². The zero-order valence-corrected chi connectivity index (χ0v) is 14.1. The Morgan fingerprint density at radius 3 is 3.10 bits per heavy atom. The zero-order valence-electron chi connectivity index (χ0n) is 11.7. The second-order valence-corrected chi connectivity index (χ2v) is 7.05. The number of hydrogen-bond donors (Lipinski definition) is 1. The third-order valence-electron chi connectivity index (χ3n) is 3.39. The number of hydrogen-bond acceptors (Lipinski definition) is 3. The molecule has 1 aromatic rings. The maximum Gasteiger partial charge on any atom is 0.126 e. The van der Waals surface area contributed by atoms with Gasteiger partial charge in [0.1, 0.15) is 5.82 Å². The second-order valence-electron chi connectivity index (χ2n) is 4.98. The molecule has 2 nitrogen and oxygen atoms in total. The highest BCUT2D eigenvalue weighted by atomic mass is 79.9. The summed E-state index contributed by atoms with van der Waals surface area (Å²) >= 11 is 5.33. The van der Waals surface area contributed by atoms with Gasteiger partial charge in [0.2, 0.25) is 0 Å². The largest absolute Gasteiger partial charge is 0.375 e. The van der Waals surface area contributed by atoms with Crippen LogP contribution in [0.15, 0.2) is 22.7 Å². The third kappa shape index (κ3) is 4.72. The van der Waals surface area contributed by atoms with E-state index in [2.05, 4.69) is 28.2 Å². The summed E-state index contributed by atoms with van der Waals surface area (Å²) < 4.78 is 20.7. The first-order valence-corrected chi connectivity index (χ1v) is 9.02. The van der Waals surface area contributed by atoms with E-state index in [0.29, 0.717) is 6.42 Å². The van der Waals surface area contributed by atoms with Crippen molar-refractivity contribution < 1.29 is 9.13 Å². The predicted octanol–water partition coefficient (Wildman–Crippen LogP) is 3.63. The van der Waals surface area contributed by atoms with Crippen molar-refractivity contribution in [2.45, 2.75) is 31.9 Å². The van der Waals surface area contributed by atoms with Crippen LogP contribution in [0.3, 0.4) is 0 Å². The SMILES string of the molecule is CCCNC(Cc1cc(Br)ccc1F)C1CSCCO1. The van der Waals surface area contributed by atoms with Gasteiger partial charge in [0.05, 0.1) is 12.7 Å². The summed E-state index contributed by atoms with van der Waals surface area (Å²) in [7, 11) is 0. The smallest absolute Gasteiger partial charge is 0.126 e. The highest BCUT2D eigenvalue weighted by Gasteiger charge is 2.25. The van der Waals surface area contributed by atoms with Gasteiger partial charge in [-0.2, -0.15) is 11.8 Å². The first kappa shape index (κ1) is 16.3. The summed E-state index contributed by atoms with van der Waals surface area (Å²) in [6, 6.07) is 5.30. The fourth-order valence-electron chi connectivity index (χ4n) is 2.34. The molecule has 1 saturated heterocycles. The fraction of sp³-hybridized carbons (Fsp3) is 0.600. The first-order chi connectivity index (χ1) is 9.70. The molecule has 0 saturated carbocycles. The molecule has 0 amide bonds. The molecule has 0 aromatic heterocycles. The van der Waals surface area contributed by atoms with Crippen LogP contribution in [0.25, 0.3) is 0 Å². The second kappa shape index (κ2) is 8.37. The number of nitrogens with one attached hydrogen (secondary N) is 1. The third-order valence-corrected chi connectivity index (χ3v) is 4.91. The Bertz CT molecular complexity index is 426. The van der Waals surface area contributed by atoms with Gasteiger partial charge in [-0.3, -0.25) is 0 Å². The van der Waals surface area contributed by atoms with Gasteiger partial charge in [-0.25, -0.2) is 4.39 Å². The van der Waals surface area contributed by atoms with Gasteiger partial charge >= 0.3 is 0 Å². The van der Waals surface area contributed by atoms with Gasteiger partial charge in [-0.05, 0) is 43.1 Å². The van der Waals surface area contributed by atoms with Crippen molar-refractivity contribution in [1.82, 2.24) is 5.32 Å². The van der Waals surface area contributed by atoms with Crippen LogP contribution in [-0.4, -0.2) is 36.8 Å². The summed E-state index contributed by atoms with van der Waals surface area (Å²) in [5, 5.41) is 3.51. The summed E-state index contributed by atoms with van der Waals surface area (Å²) in [6.45, 7) is 3.87. The Hall–Kier alpha value is -0.100. The number of thioether (sulfide) groups is 1. The van der Waals surface area contributed by atoms with E-state index in [4.69, 9.17) is 4.74 Å². The van der Waals surface area contributed by atoms with Crippen molar-refractivity contribution in [3.8, 4) is 0 Å². The quantitative estimate of drug-likeness (QED) is 0.835. The highest BCUT2D eigenvalue weighted by molar-refractivity contribution is 9.10. The number of rotatable bonds is 6. The zero-order chi connectivity index (χ0) is 14.4. The molecule has 2 rings (SSSR count). The van der Waals surface area contributed by atoms with Crippen LogP contribution in [0.2, 0.25) is 0 Å². The number of benzene rings is 1. The molecule has 2 atom stereocenters. The molecule has 0 aliphatic carbocycles. The summed E-state index contributed by atoms with van der Waals surface area (Å²) in [5.41, 5.74) is 0.743. The minimum Gasteiger partial charge on any atom is -0.375 e. The maximum absolute atomic E-state index is 13.9. The molecular formula is C15H21BrFNOS. The molecule has 0 radical (unpaired) electrons. The predicted molar refractivity (Wildman–Crippen MR) is 87.0 cm³/mol. The summed E-state index contributed by atoms with van der Waals surface area (Å²) in [6.07, 6.45) is 1.90. The average Bonchev–Trinajstić information content (AvgIpc) is 2.48. The van der Waals surface area contributed by atoms with E-state index < -0.39 is 0 Å². The summed E-state index contributed by atoms with van der Waals surface area (Å²) in [4.78, 5) is 0. The van der Waals surface area contributed by atoms with E-state index in [1.807, 2.05) is 17.8 Å². The van der Waals surface area contributed by atoms with Crippen LogP contribution >= 0.6 is 27.7 Å². The molecule has 1 N–H and O–H groups in total. The van der Waals surface area contributed by atoms with Gasteiger partial charge in [-0.15, -0.1) is 0 Å². The minimum atomic E-state index is -0.139. The molecule has 0 spiro atoms. The van der Waals surface area contributed by atoms with Crippen LogP contribution in [0.1, 0.15) is 18.9 Å². The maximum atomic E-state index is 13.9. The van der Waals surface area contributed by atoms with Crippen molar-refractivity contribution in [3.05, 3.63) is 34.1 Å². The van der Waals surface area contributed by atoms with Crippen LogP contribution in [-0.2, 0) is 11.2 Å². The Morgan fingerprint density at radius 2 is 2.40 bits per heavy atom. The van der Waals surface area contributed by atoms with Gasteiger partial charge in [0.25, 0.3) is 0 Å². The van der Waals surface area contributed by atoms with Crippen molar-refractivity contribution >= 4 is 27.7 Å². The van der Waals surface area contributed by atoms with E-state index in [9.17, 15) is 4.39 Å². The molecule has 20 heavy (non-hydrogen) atoms. The molecule has 112 valence electrons. The molecule has 1 aliphatic heterocycles. The van der Waals surface area contributed by atoms with Crippen molar-refractivity contribution in [2.24, 2.45) is 0 Å². The Labute approximate surface area is 133 Å². The van der Waals surface area contributed by atoms with E-state index in [1.165, 1.54) is 6.07 Å². The fourth-order valence-corrected chi connectivity index (χ4v) is 3.69. The lowest BCUT2D eigenvalue weighted by Gasteiger charge is -2.31. The first-order valence-electron chi connectivity index (χ1n) is 7.07.